The summed E-state index contributed by atoms with van der Waals surface area (Å²) in [6, 6.07) is 3.53. The zero-order valence-corrected chi connectivity index (χ0v) is 14.9. The zero-order valence-electron chi connectivity index (χ0n) is 11.7. The molecule has 21 heavy (non-hydrogen) atoms. The molecule has 0 bridgehead atoms. The van der Waals surface area contributed by atoms with Crippen LogP contribution in [0.5, 0.6) is 0 Å². The molecule has 1 unspecified atom stereocenters. The van der Waals surface area contributed by atoms with E-state index in [-0.39, 0.29) is 12.6 Å². The van der Waals surface area contributed by atoms with Crippen LogP contribution >= 0.6 is 31.9 Å². The molecule has 1 atom stereocenters. The van der Waals surface area contributed by atoms with Crippen LogP contribution < -0.4 is 5.32 Å². The van der Waals surface area contributed by atoms with Crippen molar-refractivity contribution in [3.05, 3.63) is 26.6 Å². The maximum absolute atomic E-state index is 12.3. The van der Waals surface area contributed by atoms with Gasteiger partial charge in [-0.05, 0) is 69.8 Å². The third kappa shape index (κ3) is 3.40. The van der Waals surface area contributed by atoms with Gasteiger partial charge in [-0.25, -0.2) is 4.79 Å². The Morgan fingerprint density at radius 2 is 1.90 bits per heavy atom. The second-order valence-corrected chi connectivity index (χ2v) is 7.28. The number of nitrogens with one attached hydrogen (secondary N) is 1. The van der Waals surface area contributed by atoms with Gasteiger partial charge in [0, 0.05) is 22.0 Å². The van der Waals surface area contributed by atoms with Gasteiger partial charge in [-0.3, -0.25) is 4.79 Å². The van der Waals surface area contributed by atoms with Gasteiger partial charge in [-0.15, -0.1) is 0 Å². The van der Waals surface area contributed by atoms with Crippen LogP contribution in [-0.4, -0.2) is 35.1 Å². The molecule has 1 aromatic carbocycles. The number of hydrogen-bond acceptors (Lipinski definition) is 2. The van der Waals surface area contributed by atoms with Crippen LogP contribution in [0.2, 0.25) is 0 Å². The number of carboxylic acids is 1. The summed E-state index contributed by atoms with van der Waals surface area (Å²) in [5, 5.41) is 12.0. The Kier molecular flexibility index (Phi) is 4.63. The van der Waals surface area contributed by atoms with Crippen LogP contribution in [0.25, 0.3) is 0 Å². The molecule has 1 heterocycles. The van der Waals surface area contributed by atoms with Crippen molar-refractivity contribution in [3.63, 3.8) is 0 Å². The van der Waals surface area contributed by atoms with Crippen molar-refractivity contribution >= 4 is 49.5 Å². The standard InChI is InChI=1S/C14H16Br2N2O3/c1-8-5-9(15)11(10(16)6-8)17-13(21)18-4-3-14(2,7-18)12(19)20/h5-6H,3-4,7H2,1-2H3,(H,17,21)(H,19,20). The molecule has 2 N–H and O–H groups in total. The smallest absolute Gasteiger partial charge is 0.321 e. The summed E-state index contributed by atoms with van der Waals surface area (Å²) in [7, 11) is 0. The van der Waals surface area contributed by atoms with Crippen LogP contribution in [0, 0.1) is 12.3 Å². The molecule has 1 fully saturated rings. The summed E-state index contributed by atoms with van der Waals surface area (Å²) < 4.78 is 1.56. The number of amides is 2. The van der Waals surface area contributed by atoms with Gasteiger partial charge in [0.2, 0.25) is 0 Å². The number of likely N-dealkylation sites (tertiary alicyclic amines) is 1. The van der Waals surface area contributed by atoms with E-state index in [1.165, 1.54) is 4.90 Å². The summed E-state index contributed by atoms with van der Waals surface area (Å²) in [5.74, 6) is -0.865. The highest BCUT2D eigenvalue weighted by Crippen LogP contribution is 2.34. The van der Waals surface area contributed by atoms with E-state index in [1.54, 1.807) is 6.92 Å². The lowest BCUT2D eigenvalue weighted by atomic mass is 9.90. The molecule has 5 nitrogen and oxygen atoms in total. The molecular weight excluding hydrogens is 404 g/mol. The number of anilines is 1. The Balaban J connectivity index is 2.12. The number of aryl methyl sites for hydroxylation is 1. The van der Waals surface area contributed by atoms with Crippen molar-refractivity contribution < 1.29 is 14.7 Å². The SMILES string of the molecule is Cc1cc(Br)c(NC(=O)N2CCC(C)(C(=O)O)C2)c(Br)c1. The molecule has 0 radical (unpaired) electrons. The van der Waals surface area contributed by atoms with Crippen molar-refractivity contribution in [1.29, 1.82) is 0 Å². The number of carbonyl (C=O) groups is 2. The number of nitrogens with zero attached hydrogens (tertiary/aromatic N) is 1. The lowest BCUT2D eigenvalue weighted by Gasteiger charge is -2.21. The van der Waals surface area contributed by atoms with E-state index in [4.69, 9.17) is 0 Å². The van der Waals surface area contributed by atoms with Gasteiger partial charge in [0.25, 0.3) is 0 Å². The van der Waals surface area contributed by atoms with Gasteiger partial charge in [0.1, 0.15) is 0 Å². The molecule has 1 aliphatic rings. The second kappa shape index (κ2) is 5.96. The first kappa shape index (κ1) is 16.3. The average molecular weight is 420 g/mol. The normalized spacial score (nSPS) is 21.4. The highest BCUT2D eigenvalue weighted by atomic mass is 79.9. The Hall–Kier alpha value is -1.08. The van der Waals surface area contributed by atoms with Crippen molar-refractivity contribution in [2.45, 2.75) is 20.3 Å². The largest absolute Gasteiger partial charge is 0.481 e. The Bertz CT molecular complexity index is 583. The predicted octanol–water partition coefficient (Wildman–Crippen LogP) is 3.85. The maximum atomic E-state index is 12.3. The molecule has 1 aliphatic heterocycles. The fourth-order valence-corrected chi connectivity index (χ4v) is 3.93. The Morgan fingerprint density at radius 3 is 2.38 bits per heavy atom. The summed E-state index contributed by atoms with van der Waals surface area (Å²) in [5.41, 5.74) is 0.847. The molecule has 1 saturated heterocycles. The van der Waals surface area contributed by atoms with Gasteiger partial charge in [-0.1, -0.05) is 0 Å². The van der Waals surface area contributed by atoms with Gasteiger partial charge >= 0.3 is 12.0 Å². The Labute approximate surface area is 140 Å². The number of carbonyl (C=O) groups excluding carboxylic acids is 1. The summed E-state index contributed by atoms with van der Waals surface area (Å²) >= 11 is 6.85. The van der Waals surface area contributed by atoms with Gasteiger partial charge < -0.3 is 15.3 Å². The van der Waals surface area contributed by atoms with Crippen molar-refractivity contribution in [2.75, 3.05) is 18.4 Å². The minimum absolute atomic E-state index is 0.218. The number of aliphatic carboxylic acids is 1. The van der Waals surface area contributed by atoms with E-state index in [0.717, 1.165) is 14.5 Å². The number of halogens is 2. The molecular formula is C14H16Br2N2O3. The summed E-state index contributed by atoms with van der Waals surface area (Å²) in [6.07, 6.45) is 0.464. The van der Waals surface area contributed by atoms with Crippen molar-refractivity contribution in [1.82, 2.24) is 4.90 Å². The lowest BCUT2D eigenvalue weighted by molar-refractivity contribution is -0.146. The van der Waals surface area contributed by atoms with Crippen LogP contribution in [0.1, 0.15) is 18.9 Å². The van der Waals surface area contributed by atoms with E-state index in [2.05, 4.69) is 37.2 Å². The van der Waals surface area contributed by atoms with Gasteiger partial charge in [0.15, 0.2) is 0 Å². The second-order valence-electron chi connectivity index (χ2n) is 5.57. The predicted molar refractivity (Wildman–Crippen MR) is 87.5 cm³/mol. The van der Waals surface area contributed by atoms with E-state index in [0.29, 0.717) is 18.7 Å². The highest BCUT2D eigenvalue weighted by Gasteiger charge is 2.42. The van der Waals surface area contributed by atoms with Gasteiger partial charge in [0.05, 0.1) is 11.1 Å². The van der Waals surface area contributed by atoms with Crippen LogP contribution in [0.15, 0.2) is 21.1 Å². The van der Waals surface area contributed by atoms with E-state index >= 15 is 0 Å². The fraction of sp³-hybridized carbons (Fsp3) is 0.429. The number of hydrogen-bond donors (Lipinski definition) is 2. The number of carboxylic acid groups (broad SMARTS) is 1. The number of urea groups is 1. The summed E-state index contributed by atoms with van der Waals surface area (Å²) in [6.45, 7) is 4.28. The minimum Gasteiger partial charge on any atom is -0.481 e. The maximum Gasteiger partial charge on any atom is 0.321 e. The fourth-order valence-electron chi connectivity index (χ4n) is 2.31. The quantitative estimate of drug-likeness (QED) is 0.764. The van der Waals surface area contributed by atoms with Crippen LogP contribution in [-0.2, 0) is 4.79 Å². The third-order valence-corrected chi connectivity index (χ3v) is 4.95. The molecule has 0 aliphatic carbocycles. The first-order valence-corrected chi connectivity index (χ1v) is 8.06. The monoisotopic (exact) mass is 418 g/mol. The number of rotatable bonds is 2. The highest BCUT2D eigenvalue weighted by molar-refractivity contribution is 9.11. The molecule has 1 aromatic rings. The van der Waals surface area contributed by atoms with Gasteiger partial charge in [-0.2, -0.15) is 0 Å². The first-order chi connectivity index (χ1) is 9.73. The van der Waals surface area contributed by atoms with E-state index in [9.17, 15) is 14.7 Å². The molecule has 2 rings (SSSR count). The van der Waals surface area contributed by atoms with Crippen LogP contribution in [0.3, 0.4) is 0 Å². The first-order valence-electron chi connectivity index (χ1n) is 6.48. The minimum atomic E-state index is -0.865. The molecule has 114 valence electrons. The zero-order chi connectivity index (χ0) is 15.8. The molecule has 0 aromatic heterocycles. The van der Waals surface area contributed by atoms with Crippen molar-refractivity contribution in [3.8, 4) is 0 Å². The van der Waals surface area contributed by atoms with E-state index < -0.39 is 11.4 Å². The topological polar surface area (TPSA) is 69.6 Å². The Morgan fingerprint density at radius 1 is 1.33 bits per heavy atom. The average Bonchev–Trinajstić information content (AvgIpc) is 2.78. The van der Waals surface area contributed by atoms with Crippen LogP contribution in [0.4, 0.5) is 10.5 Å². The molecule has 0 saturated carbocycles. The number of benzene rings is 1. The summed E-state index contributed by atoms with van der Waals surface area (Å²) in [4.78, 5) is 25.1. The lowest BCUT2D eigenvalue weighted by Crippen LogP contribution is -2.37. The van der Waals surface area contributed by atoms with E-state index in [1.807, 2.05) is 19.1 Å². The third-order valence-electron chi connectivity index (χ3n) is 3.70. The molecule has 0 spiro atoms. The molecule has 7 heteroatoms. The molecule has 2 amide bonds. The van der Waals surface area contributed by atoms with Crippen molar-refractivity contribution in [2.24, 2.45) is 5.41 Å².